The number of benzene rings is 1. The Bertz CT molecular complexity index is 647. The van der Waals surface area contributed by atoms with Gasteiger partial charge in [-0.3, -0.25) is 10.1 Å². The van der Waals surface area contributed by atoms with E-state index in [4.69, 9.17) is 16.0 Å². The highest BCUT2D eigenvalue weighted by Crippen LogP contribution is 2.30. The topological polar surface area (TPSA) is 73.3 Å². The lowest BCUT2D eigenvalue weighted by molar-refractivity contribution is -0.384. The zero-order valence-corrected chi connectivity index (χ0v) is 8.95. The first kappa shape index (κ1) is 10.6. The number of nitro groups is 1. The van der Waals surface area contributed by atoms with Crippen molar-refractivity contribution < 1.29 is 9.34 Å². The molecule has 2 aromatic rings. The molecule has 0 atom stereocenters. The largest absolute Gasteiger partial charge is 0.423 e. The molecule has 0 aliphatic rings. The summed E-state index contributed by atoms with van der Waals surface area (Å²) in [4.78, 5) is 21.2. The van der Waals surface area contributed by atoms with E-state index in [2.05, 4.69) is 0 Å². The minimum Gasteiger partial charge on any atom is -0.423 e. The van der Waals surface area contributed by atoms with E-state index in [1.54, 1.807) is 6.92 Å². The summed E-state index contributed by atoms with van der Waals surface area (Å²) < 4.78 is 4.90. The van der Waals surface area contributed by atoms with Crippen LogP contribution < -0.4 is 5.63 Å². The Morgan fingerprint density at radius 1 is 1.38 bits per heavy atom. The van der Waals surface area contributed by atoms with Gasteiger partial charge in [-0.2, -0.15) is 0 Å². The first-order valence-corrected chi connectivity index (χ1v) is 4.75. The number of nitrogens with zero attached hydrogens (tertiary/aromatic N) is 1. The molecule has 0 aliphatic heterocycles. The normalized spacial score (nSPS) is 10.6. The number of aryl methyl sites for hydroxylation is 1. The van der Waals surface area contributed by atoms with Gasteiger partial charge in [-0.1, -0.05) is 11.6 Å². The highest BCUT2D eigenvalue weighted by atomic mass is 35.5. The monoisotopic (exact) mass is 239 g/mol. The highest BCUT2D eigenvalue weighted by Gasteiger charge is 2.15. The van der Waals surface area contributed by atoms with Crippen molar-refractivity contribution in [2.24, 2.45) is 0 Å². The predicted octanol–water partition coefficient (Wildman–Crippen LogP) is 2.66. The Morgan fingerprint density at radius 3 is 2.69 bits per heavy atom. The fraction of sp³-hybridized carbons (Fsp3) is 0.100. The minimum atomic E-state index is -0.577. The van der Waals surface area contributed by atoms with E-state index in [0.29, 0.717) is 10.9 Å². The van der Waals surface area contributed by atoms with Gasteiger partial charge in [0.1, 0.15) is 10.6 Å². The molecule has 0 fully saturated rings. The summed E-state index contributed by atoms with van der Waals surface area (Å²) in [6.45, 7) is 1.68. The summed E-state index contributed by atoms with van der Waals surface area (Å²) in [5.41, 5.74) is 0.160. The van der Waals surface area contributed by atoms with E-state index in [-0.39, 0.29) is 16.3 Å². The second-order valence-electron chi connectivity index (χ2n) is 3.31. The van der Waals surface area contributed by atoms with Crippen LogP contribution in [0.3, 0.4) is 0 Å². The zero-order valence-electron chi connectivity index (χ0n) is 8.19. The molecule has 2 rings (SSSR count). The average molecular weight is 240 g/mol. The standard InChI is InChI=1S/C10H6ClNO4/c1-5-2-10(13)16-9-4-7(11)8(12(14)15)3-6(5)9/h2-4H,1H3. The number of rotatable bonds is 1. The van der Waals surface area contributed by atoms with E-state index in [9.17, 15) is 14.9 Å². The minimum absolute atomic E-state index is 0.0498. The fourth-order valence-electron chi connectivity index (χ4n) is 1.47. The molecule has 0 saturated carbocycles. The number of hydrogen-bond donors (Lipinski definition) is 0. The Hall–Kier alpha value is -1.88. The van der Waals surface area contributed by atoms with Gasteiger partial charge in [0.25, 0.3) is 5.69 Å². The maximum atomic E-state index is 11.1. The molecule has 82 valence electrons. The average Bonchev–Trinajstić information content (AvgIpc) is 2.15. The van der Waals surface area contributed by atoms with Crippen molar-refractivity contribution in [3.8, 4) is 0 Å². The van der Waals surface area contributed by atoms with Crippen LogP contribution in [0.4, 0.5) is 5.69 Å². The van der Waals surface area contributed by atoms with Gasteiger partial charge < -0.3 is 4.42 Å². The number of fused-ring (bicyclic) bond motifs is 1. The lowest BCUT2D eigenvalue weighted by atomic mass is 10.1. The Morgan fingerprint density at radius 2 is 2.06 bits per heavy atom. The summed E-state index contributed by atoms with van der Waals surface area (Å²) >= 11 is 5.70. The quantitative estimate of drug-likeness (QED) is 0.436. The lowest BCUT2D eigenvalue weighted by Gasteiger charge is -2.01. The van der Waals surface area contributed by atoms with Gasteiger partial charge >= 0.3 is 5.63 Å². The van der Waals surface area contributed by atoms with Crippen molar-refractivity contribution >= 4 is 28.3 Å². The van der Waals surface area contributed by atoms with Crippen LogP contribution in [0.2, 0.25) is 5.02 Å². The molecule has 6 heteroatoms. The molecule has 1 aromatic carbocycles. The lowest BCUT2D eigenvalue weighted by Crippen LogP contribution is -1.98. The first-order valence-electron chi connectivity index (χ1n) is 4.37. The van der Waals surface area contributed by atoms with Gasteiger partial charge in [-0.15, -0.1) is 0 Å². The molecule has 0 spiro atoms. The van der Waals surface area contributed by atoms with Crippen LogP contribution in [0.1, 0.15) is 5.56 Å². The summed E-state index contributed by atoms with van der Waals surface area (Å²) in [6.07, 6.45) is 0. The van der Waals surface area contributed by atoms with Crippen LogP contribution in [0.25, 0.3) is 11.0 Å². The molecule has 5 nitrogen and oxygen atoms in total. The van der Waals surface area contributed by atoms with Crippen molar-refractivity contribution in [3.63, 3.8) is 0 Å². The molecular weight excluding hydrogens is 234 g/mol. The van der Waals surface area contributed by atoms with Gasteiger partial charge in [-0.05, 0) is 12.5 Å². The van der Waals surface area contributed by atoms with Crippen molar-refractivity contribution in [3.05, 3.63) is 49.3 Å². The maximum Gasteiger partial charge on any atom is 0.336 e. The van der Waals surface area contributed by atoms with Crippen molar-refractivity contribution in [2.75, 3.05) is 0 Å². The van der Waals surface area contributed by atoms with Crippen molar-refractivity contribution in [1.82, 2.24) is 0 Å². The molecule has 1 heterocycles. The number of hydrogen-bond acceptors (Lipinski definition) is 4. The van der Waals surface area contributed by atoms with Crippen LogP contribution >= 0.6 is 11.6 Å². The van der Waals surface area contributed by atoms with Gasteiger partial charge in [-0.25, -0.2) is 4.79 Å². The predicted molar refractivity (Wildman–Crippen MR) is 58.9 cm³/mol. The Kier molecular flexibility index (Phi) is 2.40. The second-order valence-corrected chi connectivity index (χ2v) is 3.71. The van der Waals surface area contributed by atoms with E-state index >= 15 is 0 Å². The fourth-order valence-corrected chi connectivity index (χ4v) is 1.69. The molecule has 0 saturated heterocycles. The first-order chi connectivity index (χ1) is 7.49. The van der Waals surface area contributed by atoms with Crippen LogP contribution in [0.15, 0.2) is 27.4 Å². The van der Waals surface area contributed by atoms with Gasteiger partial charge in [0.05, 0.1) is 4.92 Å². The van der Waals surface area contributed by atoms with Gasteiger partial charge in [0, 0.05) is 23.6 Å². The van der Waals surface area contributed by atoms with Crippen LogP contribution in [0.5, 0.6) is 0 Å². The molecule has 0 N–H and O–H groups in total. The summed E-state index contributed by atoms with van der Waals surface area (Å²) in [5, 5.41) is 11.1. The molecule has 16 heavy (non-hydrogen) atoms. The summed E-state index contributed by atoms with van der Waals surface area (Å²) in [5.74, 6) is 0. The van der Waals surface area contributed by atoms with E-state index < -0.39 is 10.5 Å². The SMILES string of the molecule is Cc1cc(=O)oc2cc(Cl)c([N+](=O)[O-])cc12. The Balaban J connectivity index is 2.90. The number of halogens is 1. The molecule has 0 aliphatic carbocycles. The summed E-state index contributed by atoms with van der Waals surface area (Å²) in [7, 11) is 0. The smallest absolute Gasteiger partial charge is 0.336 e. The second kappa shape index (κ2) is 3.61. The Labute approximate surface area is 94.4 Å². The molecule has 0 radical (unpaired) electrons. The zero-order chi connectivity index (χ0) is 11.9. The highest BCUT2D eigenvalue weighted by molar-refractivity contribution is 6.33. The van der Waals surface area contributed by atoms with E-state index in [1.165, 1.54) is 18.2 Å². The third kappa shape index (κ3) is 1.65. The summed E-state index contributed by atoms with van der Waals surface area (Å²) in [6, 6.07) is 3.86. The van der Waals surface area contributed by atoms with Crippen molar-refractivity contribution in [1.29, 1.82) is 0 Å². The third-order valence-corrected chi connectivity index (χ3v) is 2.52. The molecule has 0 bridgehead atoms. The van der Waals surface area contributed by atoms with Gasteiger partial charge in [0.15, 0.2) is 0 Å². The molecular formula is C10H6ClNO4. The van der Waals surface area contributed by atoms with Crippen LogP contribution in [-0.4, -0.2) is 4.92 Å². The maximum absolute atomic E-state index is 11.1. The van der Waals surface area contributed by atoms with E-state index in [0.717, 1.165) is 0 Å². The number of nitro benzene ring substituents is 1. The van der Waals surface area contributed by atoms with E-state index in [1.807, 2.05) is 0 Å². The molecule has 0 unspecified atom stereocenters. The van der Waals surface area contributed by atoms with Crippen molar-refractivity contribution in [2.45, 2.75) is 6.92 Å². The third-order valence-electron chi connectivity index (χ3n) is 2.22. The molecule has 1 aromatic heterocycles. The molecule has 0 amide bonds. The van der Waals surface area contributed by atoms with Crippen LogP contribution in [0, 0.1) is 17.0 Å². The van der Waals surface area contributed by atoms with Gasteiger partial charge in [0.2, 0.25) is 0 Å². The van der Waals surface area contributed by atoms with Crippen LogP contribution in [-0.2, 0) is 0 Å².